The minimum Gasteiger partial charge on any atom is -0.481 e. The maximum absolute atomic E-state index is 10.7. The molecule has 0 spiro atoms. The molecule has 0 saturated heterocycles. The van der Waals surface area contributed by atoms with Gasteiger partial charge in [0.1, 0.15) is 17.7 Å². The topological polar surface area (TPSA) is 72.6 Å². The first-order chi connectivity index (χ1) is 11.1. The van der Waals surface area contributed by atoms with E-state index in [2.05, 4.69) is 20.9 Å². The minimum absolute atomic E-state index is 0.419. The predicted molar refractivity (Wildman–Crippen MR) is 88.2 cm³/mol. The number of carboxylic acids is 1. The quantitative estimate of drug-likeness (QED) is 0.724. The van der Waals surface area contributed by atoms with E-state index in [1.54, 1.807) is 12.1 Å². The molecule has 2 aromatic carbocycles. The Kier molecular flexibility index (Phi) is 4.43. The van der Waals surface area contributed by atoms with Crippen molar-refractivity contribution in [3.63, 3.8) is 0 Å². The molecule has 0 fully saturated rings. The number of carboxylic acid groups (broad SMARTS) is 1. The second-order valence-electron chi connectivity index (χ2n) is 4.73. The van der Waals surface area contributed by atoms with Crippen LogP contribution in [-0.4, -0.2) is 22.7 Å². The molecular weight excluding hydrogens is 362 g/mol. The van der Waals surface area contributed by atoms with Gasteiger partial charge in [0.2, 0.25) is 5.89 Å². The highest BCUT2D eigenvalue weighted by Crippen LogP contribution is 2.33. The van der Waals surface area contributed by atoms with Gasteiger partial charge >= 0.3 is 5.97 Å². The van der Waals surface area contributed by atoms with Gasteiger partial charge in [0.05, 0.1) is 0 Å². The van der Waals surface area contributed by atoms with Crippen molar-refractivity contribution in [2.45, 2.75) is 0 Å². The summed E-state index contributed by atoms with van der Waals surface area (Å²) in [4.78, 5) is 15.2. The Balaban J connectivity index is 1.96. The fraction of sp³-hybridized carbons (Fsp3) is 0.0588. The van der Waals surface area contributed by atoms with Crippen molar-refractivity contribution in [3.8, 4) is 28.5 Å². The molecular formula is C17H12BrNO4. The van der Waals surface area contributed by atoms with Crippen LogP contribution in [0.5, 0.6) is 5.75 Å². The summed E-state index contributed by atoms with van der Waals surface area (Å²) < 4.78 is 11.7. The van der Waals surface area contributed by atoms with Gasteiger partial charge in [-0.3, -0.25) is 0 Å². The number of benzene rings is 2. The lowest BCUT2D eigenvalue weighted by Crippen LogP contribution is -2.10. The van der Waals surface area contributed by atoms with E-state index in [4.69, 9.17) is 14.3 Å². The molecule has 0 saturated carbocycles. The molecule has 0 unspecified atom stereocenters. The molecule has 0 radical (unpaired) electrons. The highest BCUT2D eigenvalue weighted by Gasteiger charge is 2.14. The molecule has 3 aromatic rings. The third kappa shape index (κ3) is 3.60. The SMILES string of the molecule is O=C(O)COc1ccc(Br)cc1-c1coc(-c2ccccc2)n1. The van der Waals surface area contributed by atoms with E-state index in [0.717, 1.165) is 10.0 Å². The van der Waals surface area contributed by atoms with Crippen LogP contribution in [0.15, 0.2) is 63.7 Å². The van der Waals surface area contributed by atoms with Crippen LogP contribution in [0.2, 0.25) is 0 Å². The normalized spacial score (nSPS) is 10.5. The van der Waals surface area contributed by atoms with Gasteiger partial charge in [0, 0.05) is 15.6 Å². The highest BCUT2D eigenvalue weighted by atomic mass is 79.9. The summed E-state index contributed by atoms with van der Waals surface area (Å²) in [6.07, 6.45) is 1.53. The first kappa shape index (κ1) is 15.3. The van der Waals surface area contributed by atoms with Crippen LogP contribution in [0.25, 0.3) is 22.7 Å². The highest BCUT2D eigenvalue weighted by molar-refractivity contribution is 9.10. The van der Waals surface area contributed by atoms with Gasteiger partial charge in [0.25, 0.3) is 0 Å². The number of aliphatic carboxylic acids is 1. The first-order valence-corrected chi connectivity index (χ1v) is 7.58. The molecule has 0 aliphatic heterocycles. The Morgan fingerprint density at radius 3 is 2.74 bits per heavy atom. The summed E-state index contributed by atoms with van der Waals surface area (Å²) in [7, 11) is 0. The van der Waals surface area contributed by atoms with Crippen LogP contribution < -0.4 is 4.74 Å². The first-order valence-electron chi connectivity index (χ1n) is 6.79. The van der Waals surface area contributed by atoms with Crippen molar-refractivity contribution in [1.82, 2.24) is 4.98 Å². The van der Waals surface area contributed by atoms with Crippen LogP contribution in [0.1, 0.15) is 0 Å². The summed E-state index contributed by atoms with van der Waals surface area (Å²) in [6, 6.07) is 14.8. The summed E-state index contributed by atoms with van der Waals surface area (Å²) in [5.41, 5.74) is 2.10. The Labute approximate surface area is 140 Å². The van der Waals surface area contributed by atoms with E-state index in [1.807, 2.05) is 36.4 Å². The molecule has 3 rings (SSSR count). The lowest BCUT2D eigenvalue weighted by atomic mass is 10.1. The minimum atomic E-state index is -1.04. The molecule has 1 aromatic heterocycles. The molecule has 0 aliphatic carbocycles. The molecule has 0 bridgehead atoms. The van der Waals surface area contributed by atoms with E-state index in [1.165, 1.54) is 6.26 Å². The van der Waals surface area contributed by atoms with Crippen LogP contribution in [-0.2, 0) is 4.79 Å². The third-order valence-electron chi connectivity index (χ3n) is 3.09. The van der Waals surface area contributed by atoms with Gasteiger partial charge < -0.3 is 14.3 Å². The predicted octanol–water partition coefficient (Wildman–Crippen LogP) is 4.23. The molecule has 0 aliphatic rings. The molecule has 0 atom stereocenters. The maximum atomic E-state index is 10.7. The number of hydrogen-bond acceptors (Lipinski definition) is 4. The second-order valence-corrected chi connectivity index (χ2v) is 5.64. The number of carbonyl (C=O) groups is 1. The zero-order chi connectivity index (χ0) is 16.2. The van der Waals surface area contributed by atoms with Crippen molar-refractivity contribution in [1.29, 1.82) is 0 Å². The van der Waals surface area contributed by atoms with Crippen molar-refractivity contribution in [3.05, 3.63) is 59.3 Å². The number of ether oxygens (including phenoxy) is 1. The van der Waals surface area contributed by atoms with Gasteiger partial charge in [-0.2, -0.15) is 0 Å². The fourth-order valence-corrected chi connectivity index (χ4v) is 2.44. The number of oxazole rings is 1. The lowest BCUT2D eigenvalue weighted by molar-refractivity contribution is -0.139. The lowest BCUT2D eigenvalue weighted by Gasteiger charge is -2.08. The van der Waals surface area contributed by atoms with Crippen molar-refractivity contribution in [2.75, 3.05) is 6.61 Å². The average molecular weight is 374 g/mol. The summed E-state index contributed by atoms with van der Waals surface area (Å²) in [5, 5.41) is 8.78. The summed E-state index contributed by atoms with van der Waals surface area (Å²) in [5.74, 6) is -0.114. The number of halogens is 1. The van der Waals surface area contributed by atoms with Crippen molar-refractivity contribution in [2.24, 2.45) is 0 Å². The van der Waals surface area contributed by atoms with Crippen LogP contribution in [0.3, 0.4) is 0 Å². The summed E-state index contributed by atoms with van der Waals surface area (Å²) in [6.45, 7) is -0.419. The fourth-order valence-electron chi connectivity index (χ4n) is 2.08. The molecule has 1 N–H and O–H groups in total. The smallest absolute Gasteiger partial charge is 0.341 e. The standard InChI is InChI=1S/C17H12BrNO4/c18-12-6-7-15(22-10-16(20)21)13(8-12)14-9-23-17(19-14)11-4-2-1-3-5-11/h1-9H,10H2,(H,20,21). The zero-order valence-electron chi connectivity index (χ0n) is 11.9. The number of nitrogens with zero attached hydrogens (tertiary/aromatic N) is 1. The van der Waals surface area contributed by atoms with E-state index >= 15 is 0 Å². The average Bonchev–Trinajstić information content (AvgIpc) is 3.04. The molecule has 6 heteroatoms. The van der Waals surface area contributed by atoms with Crippen LogP contribution in [0, 0.1) is 0 Å². The van der Waals surface area contributed by atoms with E-state index in [0.29, 0.717) is 22.9 Å². The van der Waals surface area contributed by atoms with Gasteiger partial charge in [-0.05, 0) is 30.3 Å². The molecule has 23 heavy (non-hydrogen) atoms. The van der Waals surface area contributed by atoms with Gasteiger partial charge in [-0.25, -0.2) is 9.78 Å². The molecule has 116 valence electrons. The zero-order valence-corrected chi connectivity index (χ0v) is 13.5. The van der Waals surface area contributed by atoms with Crippen LogP contribution >= 0.6 is 15.9 Å². The molecule has 1 heterocycles. The van der Waals surface area contributed by atoms with Gasteiger partial charge in [-0.15, -0.1) is 0 Å². The van der Waals surface area contributed by atoms with E-state index in [9.17, 15) is 4.79 Å². The van der Waals surface area contributed by atoms with E-state index < -0.39 is 12.6 Å². The number of aromatic nitrogens is 1. The maximum Gasteiger partial charge on any atom is 0.341 e. The van der Waals surface area contributed by atoms with Crippen LogP contribution in [0.4, 0.5) is 0 Å². The number of hydrogen-bond donors (Lipinski definition) is 1. The van der Waals surface area contributed by atoms with Gasteiger partial charge in [0.15, 0.2) is 6.61 Å². The van der Waals surface area contributed by atoms with E-state index in [-0.39, 0.29) is 0 Å². The largest absolute Gasteiger partial charge is 0.481 e. The Morgan fingerprint density at radius 2 is 2.00 bits per heavy atom. The van der Waals surface area contributed by atoms with Gasteiger partial charge in [-0.1, -0.05) is 34.1 Å². The third-order valence-corrected chi connectivity index (χ3v) is 3.59. The molecule has 0 amide bonds. The van der Waals surface area contributed by atoms with Crippen molar-refractivity contribution >= 4 is 21.9 Å². The number of rotatable bonds is 5. The van der Waals surface area contributed by atoms with Crippen molar-refractivity contribution < 1.29 is 19.1 Å². The summed E-state index contributed by atoms with van der Waals surface area (Å²) >= 11 is 3.40. The second kappa shape index (κ2) is 6.66. The Hall–Kier alpha value is -2.60. The monoisotopic (exact) mass is 373 g/mol. The molecule has 5 nitrogen and oxygen atoms in total. The Bertz CT molecular complexity index is 830. The Morgan fingerprint density at radius 1 is 1.22 bits per heavy atom.